The highest BCUT2D eigenvalue weighted by atomic mass is 19.1. The summed E-state index contributed by atoms with van der Waals surface area (Å²) in [6.07, 6.45) is 2.63. The highest BCUT2D eigenvalue weighted by Crippen LogP contribution is 2.24. The number of carbonyl (C=O) groups is 1. The van der Waals surface area contributed by atoms with Gasteiger partial charge in [-0.1, -0.05) is 6.07 Å². The molecule has 0 radical (unpaired) electrons. The van der Waals surface area contributed by atoms with Crippen LogP contribution in [0.5, 0.6) is 0 Å². The average Bonchev–Trinajstić information content (AvgIpc) is 3.25. The number of likely N-dealkylation sites (tertiary alicyclic amines) is 1. The van der Waals surface area contributed by atoms with Crippen molar-refractivity contribution in [3.8, 4) is 0 Å². The van der Waals surface area contributed by atoms with Gasteiger partial charge >= 0.3 is 0 Å². The minimum Gasteiger partial charge on any atom is -0.369 e. The lowest BCUT2D eigenvalue weighted by molar-refractivity contribution is 0.0958. The van der Waals surface area contributed by atoms with Crippen molar-refractivity contribution in [1.82, 2.24) is 25.2 Å². The zero-order valence-corrected chi connectivity index (χ0v) is 17.8. The lowest BCUT2D eigenvalue weighted by Crippen LogP contribution is -2.34. The fraction of sp³-hybridized carbons (Fsp3) is 0.364. The molecule has 1 fully saturated rings. The quantitative estimate of drug-likeness (QED) is 0.649. The number of amides is 1. The lowest BCUT2D eigenvalue weighted by atomic mass is 10.1. The number of hydrogen-bond donors (Lipinski definition) is 2. The Balaban J connectivity index is 1.45. The number of benzene rings is 1. The van der Waals surface area contributed by atoms with Crippen LogP contribution in [0.25, 0.3) is 11.0 Å². The van der Waals surface area contributed by atoms with E-state index in [1.165, 1.54) is 0 Å². The van der Waals surface area contributed by atoms with Crippen molar-refractivity contribution >= 4 is 22.6 Å². The molecule has 8 nitrogen and oxygen atoms in total. The average molecular weight is 424 g/mol. The molecule has 1 saturated heterocycles. The molecule has 0 spiro atoms. The van der Waals surface area contributed by atoms with E-state index >= 15 is 0 Å². The summed E-state index contributed by atoms with van der Waals surface area (Å²) < 4.78 is 15.0. The minimum atomic E-state index is -0.423. The number of rotatable bonds is 5. The van der Waals surface area contributed by atoms with Gasteiger partial charge < -0.3 is 15.2 Å². The molecule has 162 valence electrons. The van der Waals surface area contributed by atoms with E-state index in [0.29, 0.717) is 29.0 Å². The van der Waals surface area contributed by atoms with Gasteiger partial charge in [-0.25, -0.2) is 14.4 Å². The van der Waals surface area contributed by atoms with E-state index in [2.05, 4.69) is 30.1 Å². The summed E-state index contributed by atoms with van der Waals surface area (Å²) in [7, 11) is 3.57. The second-order valence-electron chi connectivity index (χ2n) is 7.85. The number of nitrogens with zero attached hydrogens (tertiary/aromatic N) is 4. The Labute approximate surface area is 179 Å². The first-order chi connectivity index (χ1) is 14.9. The molecular formula is C22H25FN6O2. The first-order valence-corrected chi connectivity index (χ1v) is 10.2. The lowest BCUT2D eigenvalue weighted by Gasteiger charge is -2.27. The van der Waals surface area contributed by atoms with Crippen LogP contribution in [0.1, 0.15) is 28.2 Å². The van der Waals surface area contributed by atoms with Gasteiger partial charge in [0.25, 0.3) is 11.5 Å². The summed E-state index contributed by atoms with van der Waals surface area (Å²) in [5.74, 6) is -0.641. The maximum absolute atomic E-state index is 15.0. The standard InChI is InChI=1S/C22H25FN6O2/c1-13-21(30)27-20-17(26-13)6-4-14(19(20)23)11-29-9-8-16(12-29)28(3)15-5-7-18(25-10-15)22(31)24-2/h4-7,10,16H,8-9,11-12H2,1-3H3,(H,24,31)(H,27,30). The van der Waals surface area contributed by atoms with Gasteiger partial charge in [-0.2, -0.15) is 0 Å². The van der Waals surface area contributed by atoms with Crippen molar-refractivity contribution in [2.75, 3.05) is 32.1 Å². The number of aryl methyl sites for hydroxylation is 1. The van der Waals surface area contributed by atoms with E-state index < -0.39 is 5.82 Å². The number of halogens is 1. The molecular weight excluding hydrogens is 399 g/mol. The predicted molar refractivity (Wildman–Crippen MR) is 117 cm³/mol. The molecule has 3 aromatic rings. The summed E-state index contributed by atoms with van der Waals surface area (Å²) in [6, 6.07) is 7.32. The summed E-state index contributed by atoms with van der Waals surface area (Å²) in [6.45, 7) is 3.66. The van der Waals surface area contributed by atoms with E-state index in [1.807, 2.05) is 13.1 Å². The van der Waals surface area contributed by atoms with Gasteiger partial charge in [0.1, 0.15) is 16.9 Å². The molecule has 2 aromatic heterocycles. The topological polar surface area (TPSA) is 94.2 Å². The van der Waals surface area contributed by atoms with Crippen LogP contribution in [0.4, 0.5) is 10.1 Å². The molecule has 9 heteroatoms. The molecule has 0 bridgehead atoms. The van der Waals surface area contributed by atoms with Crippen LogP contribution in [0.2, 0.25) is 0 Å². The van der Waals surface area contributed by atoms with Crippen LogP contribution in [0.3, 0.4) is 0 Å². The number of pyridine rings is 1. The van der Waals surface area contributed by atoms with E-state index in [1.54, 1.807) is 38.4 Å². The second kappa shape index (κ2) is 8.43. The van der Waals surface area contributed by atoms with Gasteiger partial charge in [0.2, 0.25) is 0 Å². The Morgan fingerprint density at radius 2 is 2.16 bits per heavy atom. The Bertz CT molecular complexity index is 1180. The number of H-pyrrole nitrogens is 1. The Kier molecular flexibility index (Phi) is 5.69. The molecule has 1 aromatic carbocycles. The molecule has 1 amide bonds. The number of carbonyl (C=O) groups excluding carboxylic acids is 1. The zero-order chi connectivity index (χ0) is 22.1. The van der Waals surface area contributed by atoms with Crippen LogP contribution in [0, 0.1) is 12.7 Å². The molecule has 3 heterocycles. The largest absolute Gasteiger partial charge is 0.369 e. The van der Waals surface area contributed by atoms with Crippen molar-refractivity contribution in [3.63, 3.8) is 0 Å². The molecule has 0 saturated carbocycles. The molecule has 1 aliphatic rings. The fourth-order valence-corrected chi connectivity index (χ4v) is 3.96. The van der Waals surface area contributed by atoms with Gasteiger partial charge in [0.15, 0.2) is 5.82 Å². The van der Waals surface area contributed by atoms with Gasteiger partial charge in [-0.05, 0) is 31.5 Å². The van der Waals surface area contributed by atoms with Gasteiger partial charge in [-0.3, -0.25) is 14.5 Å². The molecule has 31 heavy (non-hydrogen) atoms. The van der Waals surface area contributed by atoms with Crippen molar-refractivity contribution in [1.29, 1.82) is 0 Å². The Morgan fingerprint density at radius 3 is 2.87 bits per heavy atom. The zero-order valence-electron chi connectivity index (χ0n) is 17.8. The molecule has 0 aliphatic carbocycles. The van der Waals surface area contributed by atoms with Crippen molar-refractivity contribution in [2.45, 2.75) is 25.9 Å². The summed E-state index contributed by atoms with van der Waals surface area (Å²) in [5, 5.41) is 2.56. The summed E-state index contributed by atoms with van der Waals surface area (Å²) in [5.41, 5.74) is 2.39. The molecule has 1 aliphatic heterocycles. The normalized spacial score (nSPS) is 16.6. The SMILES string of the molecule is CNC(=O)c1ccc(N(C)C2CCN(Cc3ccc4nc(C)c(=O)[nH]c4c3F)C2)cn1. The van der Waals surface area contributed by atoms with Crippen LogP contribution in [-0.4, -0.2) is 59.0 Å². The monoisotopic (exact) mass is 424 g/mol. The fourth-order valence-electron chi connectivity index (χ4n) is 3.96. The molecule has 1 atom stereocenters. The first kappa shape index (κ1) is 20.9. The second-order valence-corrected chi connectivity index (χ2v) is 7.85. The number of hydrogen-bond acceptors (Lipinski definition) is 6. The van der Waals surface area contributed by atoms with Crippen LogP contribution >= 0.6 is 0 Å². The van der Waals surface area contributed by atoms with E-state index in [-0.39, 0.29) is 23.0 Å². The first-order valence-electron chi connectivity index (χ1n) is 10.2. The van der Waals surface area contributed by atoms with Gasteiger partial charge in [0, 0.05) is 45.3 Å². The predicted octanol–water partition coefficient (Wildman–Crippen LogP) is 1.84. The third kappa shape index (κ3) is 4.13. The molecule has 2 N–H and O–H groups in total. The van der Waals surface area contributed by atoms with Crippen molar-refractivity contribution in [3.05, 3.63) is 63.6 Å². The van der Waals surface area contributed by atoms with E-state index in [9.17, 15) is 14.0 Å². The maximum atomic E-state index is 15.0. The number of aromatic amines is 1. The third-order valence-corrected chi connectivity index (χ3v) is 5.86. The Hall–Kier alpha value is -3.33. The van der Waals surface area contributed by atoms with E-state index in [0.717, 1.165) is 25.2 Å². The van der Waals surface area contributed by atoms with Crippen molar-refractivity contribution < 1.29 is 9.18 Å². The third-order valence-electron chi connectivity index (χ3n) is 5.86. The number of likely N-dealkylation sites (N-methyl/N-ethyl adjacent to an activating group) is 1. The maximum Gasteiger partial charge on any atom is 0.269 e. The number of fused-ring (bicyclic) bond motifs is 1. The summed E-state index contributed by atoms with van der Waals surface area (Å²) in [4.78, 5) is 38.8. The molecule has 4 rings (SSSR count). The highest BCUT2D eigenvalue weighted by Gasteiger charge is 2.27. The van der Waals surface area contributed by atoms with E-state index in [4.69, 9.17) is 0 Å². The Morgan fingerprint density at radius 1 is 1.35 bits per heavy atom. The molecule has 1 unspecified atom stereocenters. The number of anilines is 1. The number of nitrogens with one attached hydrogen (secondary N) is 2. The highest BCUT2D eigenvalue weighted by molar-refractivity contribution is 5.92. The van der Waals surface area contributed by atoms with Gasteiger partial charge in [-0.15, -0.1) is 0 Å². The smallest absolute Gasteiger partial charge is 0.269 e. The van der Waals surface area contributed by atoms with Crippen molar-refractivity contribution in [2.24, 2.45) is 0 Å². The van der Waals surface area contributed by atoms with Crippen LogP contribution in [-0.2, 0) is 6.54 Å². The number of aromatic nitrogens is 3. The van der Waals surface area contributed by atoms with Gasteiger partial charge in [0.05, 0.1) is 17.4 Å². The van der Waals surface area contributed by atoms with Crippen LogP contribution < -0.4 is 15.8 Å². The summed E-state index contributed by atoms with van der Waals surface area (Å²) >= 11 is 0. The van der Waals surface area contributed by atoms with Crippen LogP contribution in [0.15, 0.2) is 35.3 Å². The minimum absolute atomic E-state index is 0.156.